The molecule has 0 bridgehead atoms. The summed E-state index contributed by atoms with van der Waals surface area (Å²) in [6.07, 6.45) is 3.59. The molecule has 106 valence electrons. The lowest BCUT2D eigenvalue weighted by Gasteiger charge is -2.04. The maximum atomic E-state index is 5.08. The fraction of sp³-hybridized carbons (Fsp3) is 0.200. The van der Waals surface area contributed by atoms with Crippen molar-refractivity contribution in [3.05, 3.63) is 53.2 Å². The average Bonchev–Trinajstić information content (AvgIpc) is 2.94. The highest BCUT2D eigenvalue weighted by molar-refractivity contribution is 7.71. The average molecular weight is 297 g/mol. The third-order valence-electron chi connectivity index (χ3n) is 3.05. The van der Waals surface area contributed by atoms with Crippen LogP contribution in [0.5, 0.6) is 0 Å². The predicted molar refractivity (Wildman–Crippen MR) is 83.9 cm³/mol. The van der Waals surface area contributed by atoms with Crippen LogP contribution in [-0.4, -0.2) is 24.7 Å². The molecule has 0 aliphatic heterocycles. The summed E-state index contributed by atoms with van der Waals surface area (Å²) in [5.41, 5.74) is 0.925. The summed E-state index contributed by atoms with van der Waals surface area (Å²) >= 11 is 5.08. The highest BCUT2D eigenvalue weighted by atomic mass is 32.1. The predicted octanol–water partition coefficient (Wildman–Crippen LogP) is 3.51. The molecule has 1 N–H and O–H groups in total. The minimum atomic E-state index is 0.246. The van der Waals surface area contributed by atoms with Crippen LogP contribution in [0.25, 0.3) is 17.2 Å². The second-order valence-corrected chi connectivity index (χ2v) is 5.43. The molecule has 3 aromatic rings. The van der Waals surface area contributed by atoms with E-state index in [4.69, 9.17) is 12.2 Å². The van der Waals surface area contributed by atoms with Gasteiger partial charge in [0.05, 0.1) is 0 Å². The molecule has 6 heteroatoms. The Kier molecular flexibility index (Phi) is 3.62. The van der Waals surface area contributed by atoms with Gasteiger partial charge in [-0.3, -0.25) is 0 Å². The second kappa shape index (κ2) is 5.57. The van der Waals surface area contributed by atoms with E-state index in [2.05, 4.69) is 33.9 Å². The van der Waals surface area contributed by atoms with Gasteiger partial charge in [-0.1, -0.05) is 32.1 Å². The van der Waals surface area contributed by atoms with E-state index in [-0.39, 0.29) is 5.92 Å². The molecule has 0 spiro atoms. The highest BCUT2D eigenvalue weighted by Crippen LogP contribution is 2.22. The zero-order valence-electron chi connectivity index (χ0n) is 11.8. The number of hydrogen-bond donors (Lipinski definition) is 1. The van der Waals surface area contributed by atoms with Crippen LogP contribution in [0.4, 0.5) is 0 Å². The molecular weight excluding hydrogens is 282 g/mol. The monoisotopic (exact) mass is 297 g/mol. The first-order valence-corrected chi connectivity index (χ1v) is 7.13. The Balaban J connectivity index is 2.18. The summed E-state index contributed by atoms with van der Waals surface area (Å²) < 4.78 is 2.45. The van der Waals surface area contributed by atoms with Crippen molar-refractivity contribution in [2.24, 2.45) is 0 Å². The Bertz CT molecular complexity index is 784. The number of H-pyrrole nitrogens is 1. The Labute approximate surface area is 127 Å². The number of rotatable bonds is 3. The molecule has 0 radical (unpaired) electrons. The molecule has 0 aliphatic carbocycles. The summed E-state index contributed by atoms with van der Waals surface area (Å²) in [6, 6.07) is 9.50. The fourth-order valence-corrected chi connectivity index (χ4v) is 2.07. The summed E-state index contributed by atoms with van der Waals surface area (Å²) in [5, 5.41) is 4.58. The van der Waals surface area contributed by atoms with Gasteiger partial charge in [0.15, 0.2) is 17.5 Å². The molecular formula is C15H15N5S. The molecule has 0 fully saturated rings. The Morgan fingerprint density at radius 2 is 2.05 bits per heavy atom. The number of nitrogens with zero attached hydrogens (tertiary/aromatic N) is 4. The number of nitrogens with one attached hydrogen (secondary N) is 1. The van der Waals surface area contributed by atoms with Crippen LogP contribution in [-0.2, 0) is 0 Å². The molecule has 0 unspecified atom stereocenters. The van der Waals surface area contributed by atoms with Crippen molar-refractivity contribution in [2.45, 2.75) is 19.8 Å². The van der Waals surface area contributed by atoms with E-state index in [0.717, 1.165) is 23.0 Å². The molecule has 0 amide bonds. The van der Waals surface area contributed by atoms with Crippen LogP contribution < -0.4 is 0 Å². The first-order valence-electron chi connectivity index (χ1n) is 6.72. The van der Waals surface area contributed by atoms with Crippen molar-refractivity contribution in [3.63, 3.8) is 0 Å². The normalized spacial score (nSPS) is 11.0. The minimum Gasteiger partial charge on any atom is -0.352 e. The topological polar surface area (TPSA) is 59.4 Å². The van der Waals surface area contributed by atoms with Gasteiger partial charge in [-0.25, -0.2) is 9.97 Å². The van der Waals surface area contributed by atoms with Gasteiger partial charge in [-0.2, -0.15) is 4.68 Å². The molecule has 0 saturated carbocycles. The van der Waals surface area contributed by atoms with Gasteiger partial charge in [0.25, 0.3) is 0 Å². The SMILES string of the molecule is CC(C)c1nc(-c2ccc(=S)[nH]c2)n(-c2ccccn2)n1. The van der Waals surface area contributed by atoms with Crippen molar-refractivity contribution >= 4 is 12.2 Å². The van der Waals surface area contributed by atoms with E-state index in [1.54, 1.807) is 10.9 Å². The Hall–Kier alpha value is -2.34. The summed E-state index contributed by atoms with van der Waals surface area (Å²) in [4.78, 5) is 12.0. The molecule has 3 heterocycles. The molecule has 0 aromatic carbocycles. The standard InChI is InChI=1S/C15H15N5S/c1-10(2)14-18-15(11-6-7-13(21)17-9-11)20(19-14)12-5-3-4-8-16-12/h3-10H,1-2H3,(H,17,21). The smallest absolute Gasteiger partial charge is 0.166 e. The van der Waals surface area contributed by atoms with Crippen LogP contribution >= 0.6 is 12.2 Å². The third kappa shape index (κ3) is 2.75. The summed E-state index contributed by atoms with van der Waals surface area (Å²) in [7, 11) is 0. The van der Waals surface area contributed by atoms with Crippen LogP contribution in [0.2, 0.25) is 0 Å². The zero-order valence-corrected chi connectivity index (χ0v) is 12.6. The molecule has 21 heavy (non-hydrogen) atoms. The van der Waals surface area contributed by atoms with E-state index >= 15 is 0 Å². The summed E-state index contributed by atoms with van der Waals surface area (Å²) in [6.45, 7) is 4.14. The van der Waals surface area contributed by atoms with Crippen molar-refractivity contribution in [1.29, 1.82) is 0 Å². The molecule has 0 saturated heterocycles. The molecule has 0 aliphatic rings. The van der Waals surface area contributed by atoms with Gasteiger partial charge in [-0.05, 0) is 24.3 Å². The first-order chi connectivity index (χ1) is 10.1. The van der Waals surface area contributed by atoms with Crippen LogP contribution in [0.3, 0.4) is 0 Å². The molecule has 3 aromatic heterocycles. The number of aromatic amines is 1. The first kappa shape index (κ1) is 13.6. The lowest BCUT2D eigenvalue weighted by atomic mass is 10.2. The lowest BCUT2D eigenvalue weighted by molar-refractivity contribution is 0.747. The Morgan fingerprint density at radius 3 is 2.67 bits per heavy atom. The quantitative estimate of drug-likeness (QED) is 0.752. The summed E-state index contributed by atoms with van der Waals surface area (Å²) in [5.74, 6) is 2.53. The Morgan fingerprint density at radius 1 is 1.19 bits per heavy atom. The van der Waals surface area contributed by atoms with Crippen molar-refractivity contribution in [2.75, 3.05) is 0 Å². The van der Waals surface area contributed by atoms with Crippen LogP contribution in [0.1, 0.15) is 25.6 Å². The lowest BCUT2D eigenvalue weighted by Crippen LogP contribution is -2.02. The largest absolute Gasteiger partial charge is 0.352 e. The number of aromatic nitrogens is 5. The van der Waals surface area contributed by atoms with Gasteiger partial charge in [0.1, 0.15) is 4.64 Å². The van der Waals surface area contributed by atoms with E-state index in [1.165, 1.54) is 0 Å². The van der Waals surface area contributed by atoms with E-state index in [1.807, 2.05) is 36.5 Å². The molecule has 3 rings (SSSR count). The van der Waals surface area contributed by atoms with E-state index in [9.17, 15) is 0 Å². The fourth-order valence-electron chi connectivity index (χ4n) is 1.95. The molecule has 0 atom stereocenters. The number of hydrogen-bond acceptors (Lipinski definition) is 4. The maximum Gasteiger partial charge on any atom is 0.166 e. The second-order valence-electron chi connectivity index (χ2n) is 4.99. The van der Waals surface area contributed by atoms with Crippen molar-refractivity contribution in [1.82, 2.24) is 24.7 Å². The maximum absolute atomic E-state index is 5.08. The molecule has 5 nitrogen and oxygen atoms in total. The van der Waals surface area contributed by atoms with Gasteiger partial charge in [0.2, 0.25) is 0 Å². The number of pyridine rings is 2. The van der Waals surface area contributed by atoms with Crippen molar-refractivity contribution in [3.8, 4) is 17.2 Å². The highest BCUT2D eigenvalue weighted by Gasteiger charge is 2.16. The van der Waals surface area contributed by atoms with Gasteiger partial charge < -0.3 is 4.98 Å². The van der Waals surface area contributed by atoms with Crippen LogP contribution in [0, 0.1) is 4.64 Å². The van der Waals surface area contributed by atoms with Crippen molar-refractivity contribution < 1.29 is 0 Å². The van der Waals surface area contributed by atoms with Crippen LogP contribution in [0.15, 0.2) is 42.7 Å². The van der Waals surface area contributed by atoms with Gasteiger partial charge >= 0.3 is 0 Å². The third-order valence-corrected chi connectivity index (χ3v) is 3.30. The minimum absolute atomic E-state index is 0.246. The van der Waals surface area contributed by atoms with E-state index < -0.39 is 0 Å². The van der Waals surface area contributed by atoms with Gasteiger partial charge in [-0.15, -0.1) is 5.10 Å². The van der Waals surface area contributed by atoms with E-state index in [0.29, 0.717) is 4.64 Å². The zero-order chi connectivity index (χ0) is 14.8. The van der Waals surface area contributed by atoms with Gasteiger partial charge in [0, 0.05) is 23.9 Å².